The van der Waals surface area contributed by atoms with E-state index in [4.69, 9.17) is 10.2 Å². The molecule has 2 aliphatic rings. The summed E-state index contributed by atoms with van der Waals surface area (Å²) in [6, 6.07) is 15.4. The first kappa shape index (κ1) is 20.9. The maximum absolute atomic E-state index is 13.7. The van der Waals surface area contributed by atoms with Gasteiger partial charge in [0.1, 0.15) is 11.3 Å². The number of hydrogen-bond acceptors (Lipinski definition) is 6. The van der Waals surface area contributed by atoms with Crippen LogP contribution in [0.1, 0.15) is 39.3 Å². The van der Waals surface area contributed by atoms with Crippen molar-refractivity contribution in [3.05, 3.63) is 71.6 Å². The minimum atomic E-state index is -0.168. The van der Waals surface area contributed by atoms with E-state index in [0.29, 0.717) is 34.4 Å². The molecule has 1 saturated heterocycles. The Morgan fingerprint density at radius 3 is 2.91 bits per heavy atom. The Morgan fingerprint density at radius 2 is 2.06 bits per heavy atom. The standard InChI is InChI=1S/C26H24N4O3S/c1-14-4-2-5-15(10-14)23-22(29-26(27)34-23)25(32)30-17(11-16-12-20(16)30)13-28-24(31)19-6-3-7-21-18(19)8-9-33-21/h2-10,16-17,20H,11-13H2,1H3,(H2,27,29)(H,28,31)/t16-,17+,20+/m1/s1. The van der Waals surface area contributed by atoms with Crippen molar-refractivity contribution in [3.8, 4) is 10.4 Å². The van der Waals surface area contributed by atoms with Crippen LogP contribution < -0.4 is 11.1 Å². The van der Waals surface area contributed by atoms with Crippen molar-refractivity contribution >= 4 is 39.3 Å². The number of fused-ring (bicyclic) bond motifs is 2. The second kappa shape index (κ2) is 7.99. The molecule has 4 aromatic rings. The van der Waals surface area contributed by atoms with Crippen LogP contribution in [0.25, 0.3) is 21.4 Å². The number of anilines is 1. The van der Waals surface area contributed by atoms with Crippen molar-refractivity contribution in [2.75, 3.05) is 12.3 Å². The molecule has 172 valence electrons. The average Bonchev–Trinajstić information content (AvgIpc) is 3.18. The molecule has 8 heteroatoms. The quantitative estimate of drug-likeness (QED) is 0.446. The van der Waals surface area contributed by atoms with Crippen LogP contribution in [0, 0.1) is 12.8 Å². The molecule has 6 rings (SSSR count). The van der Waals surface area contributed by atoms with Crippen LogP contribution in [0.2, 0.25) is 0 Å². The Labute approximate surface area is 200 Å². The van der Waals surface area contributed by atoms with Gasteiger partial charge in [-0.1, -0.05) is 47.2 Å². The van der Waals surface area contributed by atoms with Gasteiger partial charge in [-0.25, -0.2) is 4.98 Å². The fourth-order valence-corrected chi connectivity index (χ4v) is 5.96. The molecule has 0 radical (unpaired) electrons. The van der Waals surface area contributed by atoms with Crippen LogP contribution >= 0.6 is 11.3 Å². The van der Waals surface area contributed by atoms with Gasteiger partial charge in [0.25, 0.3) is 11.8 Å². The highest BCUT2D eigenvalue weighted by Crippen LogP contribution is 2.49. The van der Waals surface area contributed by atoms with E-state index in [9.17, 15) is 9.59 Å². The Kier molecular flexibility index (Phi) is 4.91. The highest BCUT2D eigenvalue weighted by atomic mass is 32.1. The molecule has 0 unspecified atom stereocenters. The average molecular weight is 473 g/mol. The van der Waals surface area contributed by atoms with Gasteiger partial charge in [-0.2, -0.15) is 0 Å². The number of likely N-dealkylation sites (tertiary alicyclic amines) is 1. The summed E-state index contributed by atoms with van der Waals surface area (Å²) >= 11 is 1.34. The highest BCUT2D eigenvalue weighted by Gasteiger charge is 2.54. The predicted molar refractivity (Wildman–Crippen MR) is 132 cm³/mol. The molecule has 0 spiro atoms. The van der Waals surface area contributed by atoms with Gasteiger partial charge in [0.2, 0.25) is 0 Å². The largest absolute Gasteiger partial charge is 0.464 e. The third-order valence-corrected chi connectivity index (χ3v) is 7.74. The van der Waals surface area contributed by atoms with Crippen LogP contribution in [-0.4, -0.2) is 40.3 Å². The summed E-state index contributed by atoms with van der Waals surface area (Å²) in [5, 5.41) is 4.20. The van der Waals surface area contributed by atoms with E-state index in [2.05, 4.69) is 10.3 Å². The Hall–Kier alpha value is -3.65. The van der Waals surface area contributed by atoms with Crippen molar-refractivity contribution in [1.29, 1.82) is 0 Å². The van der Waals surface area contributed by atoms with Crippen molar-refractivity contribution in [1.82, 2.24) is 15.2 Å². The number of rotatable bonds is 5. The van der Waals surface area contributed by atoms with Gasteiger partial charge in [-0.05, 0) is 49.4 Å². The van der Waals surface area contributed by atoms with Crippen molar-refractivity contribution in [3.63, 3.8) is 0 Å². The third kappa shape index (κ3) is 3.54. The minimum absolute atomic E-state index is 0.0722. The van der Waals surface area contributed by atoms with Gasteiger partial charge < -0.3 is 20.4 Å². The molecular weight excluding hydrogens is 448 g/mol. The van der Waals surface area contributed by atoms with Gasteiger partial charge in [0.15, 0.2) is 5.13 Å². The minimum Gasteiger partial charge on any atom is -0.464 e. The lowest BCUT2D eigenvalue weighted by Crippen LogP contribution is -2.45. The zero-order chi connectivity index (χ0) is 23.4. The number of nitrogens with two attached hydrogens (primary N) is 1. The number of benzene rings is 2. The van der Waals surface area contributed by atoms with E-state index in [0.717, 1.165) is 34.2 Å². The summed E-state index contributed by atoms with van der Waals surface area (Å²) in [6.07, 6.45) is 3.47. The number of aryl methyl sites for hydroxylation is 1. The SMILES string of the molecule is Cc1cccc(-c2sc(N)nc2C(=O)N2[C@H](CNC(=O)c3cccc4occc34)C[C@@H]3C[C@@H]32)c1. The lowest BCUT2D eigenvalue weighted by Gasteiger charge is -2.27. The van der Waals surface area contributed by atoms with Crippen LogP contribution in [0.3, 0.4) is 0 Å². The molecule has 2 amide bonds. The summed E-state index contributed by atoms with van der Waals surface area (Å²) in [5.74, 6) is 0.213. The molecule has 34 heavy (non-hydrogen) atoms. The summed E-state index contributed by atoms with van der Waals surface area (Å²) in [4.78, 5) is 33.8. The van der Waals surface area contributed by atoms with Crippen molar-refractivity contribution < 1.29 is 14.0 Å². The summed E-state index contributed by atoms with van der Waals surface area (Å²) in [6.45, 7) is 2.42. The first-order valence-corrected chi connectivity index (χ1v) is 12.2. The first-order chi connectivity index (χ1) is 16.5. The Balaban J connectivity index is 1.23. The maximum Gasteiger partial charge on any atom is 0.274 e. The number of aromatic nitrogens is 1. The van der Waals surface area contributed by atoms with Crippen LogP contribution in [-0.2, 0) is 0 Å². The van der Waals surface area contributed by atoms with Crippen molar-refractivity contribution in [2.24, 2.45) is 5.92 Å². The molecule has 1 aliphatic heterocycles. The topological polar surface area (TPSA) is 101 Å². The second-order valence-corrected chi connectivity index (χ2v) is 10.1. The molecule has 2 aromatic carbocycles. The summed E-state index contributed by atoms with van der Waals surface area (Å²) < 4.78 is 5.41. The number of nitrogens with zero attached hydrogens (tertiary/aromatic N) is 2. The molecule has 3 N–H and O–H groups in total. The molecular formula is C26H24N4O3S. The van der Waals surface area contributed by atoms with Gasteiger partial charge in [-0.3, -0.25) is 9.59 Å². The number of piperidine rings is 1. The molecule has 1 saturated carbocycles. The predicted octanol–water partition coefficient (Wildman–Crippen LogP) is 4.48. The Morgan fingerprint density at radius 1 is 1.21 bits per heavy atom. The van der Waals surface area contributed by atoms with E-state index < -0.39 is 0 Å². The van der Waals surface area contributed by atoms with E-state index in [1.807, 2.05) is 42.2 Å². The number of amides is 2. The number of hydrogen-bond donors (Lipinski definition) is 2. The number of furan rings is 1. The van der Waals surface area contributed by atoms with Gasteiger partial charge >= 0.3 is 0 Å². The molecule has 0 bridgehead atoms. The molecule has 7 nitrogen and oxygen atoms in total. The molecule has 2 aromatic heterocycles. The summed E-state index contributed by atoms with van der Waals surface area (Å²) in [5.41, 5.74) is 9.75. The van der Waals surface area contributed by atoms with E-state index in [1.165, 1.54) is 11.3 Å². The van der Waals surface area contributed by atoms with Crippen LogP contribution in [0.4, 0.5) is 5.13 Å². The first-order valence-electron chi connectivity index (χ1n) is 11.4. The van der Waals surface area contributed by atoms with Crippen LogP contribution in [0.5, 0.6) is 0 Å². The maximum atomic E-state index is 13.7. The van der Waals surface area contributed by atoms with Crippen LogP contribution in [0.15, 0.2) is 59.2 Å². The number of nitrogens with one attached hydrogen (secondary N) is 1. The number of nitrogen functional groups attached to an aromatic ring is 1. The zero-order valence-corrected chi connectivity index (χ0v) is 19.5. The molecule has 3 atom stereocenters. The number of carbonyl (C=O) groups excluding carboxylic acids is 2. The smallest absolute Gasteiger partial charge is 0.274 e. The molecule has 3 heterocycles. The van der Waals surface area contributed by atoms with Gasteiger partial charge in [0, 0.05) is 18.0 Å². The fourth-order valence-electron chi connectivity index (χ4n) is 5.14. The van der Waals surface area contributed by atoms with E-state index in [-0.39, 0.29) is 23.9 Å². The van der Waals surface area contributed by atoms with E-state index in [1.54, 1.807) is 24.5 Å². The fraction of sp³-hybridized carbons (Fsp3) is 0.269. The van der Waals surface area contributed by atoms with Crippen molar-refractivity contribution in [2.45, 2.75) is 31.8 Å². The molecule has 2 fully saturated rings. The monoisotopic (exact) mass is 472 g/mol. The zero-order valence-electron chi connectivity index (χ0n) is 18.7. The van der Waals surface area contributed by atoms with E-state index >= 15 is 0 Å². The third-order valence-electron chi connectivity index (χ3n) is 6.81. The van der Waals surface area contributed by atoms with Gasteiger partial charge in [0.05, 0.1) is 22.7 Å². The lowest BCUT2D eigenvalue weighted by atomic mass is 10.1. The highest BCUT2D eigenvalue weighted by molar-refractivity contribution is 7.19. The molecule has 1 aliphatic carbocycles. The van der Waals surface area contributed by atoms with Gasteiger partial charge in [-0.15, -0.1) is 0 Å². The normalized spacial score (nSPS) is 21.0. The number of thiazole rings is 1. The lowest BCUT2D eigenvalue weighted by molar-refractivity contribution is 0.0685. The Bertz CT molecular complexity index is 1420. The summed E-state index contributed by atoms with van der Waals surface area (Å²) in [7, 11) is 0. The second-order valence-electron chi connectivity index (χ2n) is 9.11. The number of carbonyl (C=O) groups is 2.